The highest BCUT2D eigenvalue weighted by Gasteiger charge is 2.21. The van der Waals surface area contributed by atoms with Crippen LogP contribution in [0.5, 0.6) is 5.75 Å². The normalized spacial score (nSPS) is 11.8. The van der Waals surface area contributed by atoms with Crippen molar-refractivity contribution in [2.75, 3.05) is 6.61 Å². The number of nitrogens with zero attached hydrogens (tertiary/aromatic N) is 2. The van der Waals surface area contributed by atoms with Crippen LogP contribution in [-0.2, 0) is 30.6 Å². The largest absolute Gasteiger partial charge is 0.494 e. The molecule has 0 saturated carbocycles. The summed E-state index contributed by atoms with van der Waals surface area (Å²) in [5.41, 5.74) is 9.73. The molecule has 304 valence electrons. The SMILES string of the molecule is CCCCCCOc1ccc(-c2ccc3c(c2)c2cc(-c4cc(CCC)c(-c5cc(CCC)c(-c6cc(CCC)c(/C=C(\C#N)C(=O)O)s6)s5)s4)ccc2n3CC)cc1. The van der Waals surface area contributed by atoms with Gasteiger partial charge in [0.05, 0.1) is 6.61 Å². The number of ether oxygens (including phenoxy) is 1. The van der Waals surface area contributed by atoms with Gasteiger partial charge in [0.1, 0.15) is 17.4 Å². The fourth-order valence-electron chi connectivity index (χ4n) is 8.09. The number of thiophene rings is 3. The van der Waals surface area contributed by atoms with E-state index in [-0.39, 0.29) is 5.57 Å². The maximum absolute atomic E-state index is 11.7. The Balaban J connectivity index is 1.25. The highest BCUT2D eigenvalue weighted by Crippen LogP contribution is 2.48. The van der Waals surface area contributed by atoms with Crippen LogP contribution in [0.25, 0.3) is 69.0 Å². The number of fused-ring (bicyclic) bond motifs is 3. The van der Waals surface area contributed by atoms with Crippen LogP contribution in [0.4, 0.5) is 0 Å². The molecule has 8 heteroatoms. The van der Waals surface area contributed by atoms with Gasteiger partial charge in [-0.1, -0.05) is 90.5 Å². The summed E-state index contributed by atoms with van der Waals surface area (Å²) in [4.78, 5) is 18.9. The van der Waals surface area contributed by atoms with Crippen molar-refractivity contribution in [3.8, 4) is 52.9 Å². The molecule has 0 spiro atoms. The van der Waals surface area contributed by atoms with Gasteiger partial charge in [-0.2, -0.15) is 5.26 Å². The molecule has 4 heterocycles. The summed E-state index contributed by atoms with van der Waals surface area (Å²) in [6.45, 7) is 12.7. The molecular formula is C51H54N2O3S3. The number of carboxylic acid groups (broad SMARTS) is 1. The lowest BCUT2D eigenvalue weighted by atomic mass is 10.0. The van der Waals surface area contributed by atoms with Gasteiger partial charge in [0.25, 0.3) is 0 Å². The van der Waals surface area contributed by atoms with Crippen LogP contribution in [0.15, 0.2) is 84.4 Å². The second-order valence-corrected chi connectivity index (χ2v) is 18.5. The molecule has 0 unspecified atom stereocenters. The monoisotopic (exact) mass is 838 g/mol. The first-order chi connectivity index (χ1) is 28.8. The molecule has 59 heavy (non-hydrogen) atoms. The molecule has 0 bridgehead atoms. The van der Waals surface area contributed by atoms with Crippen molar-refractivity contribution in [2.45, 2.75) is 105 Å². The van der Waals surface area contributed by atoms with E-state index in [0.29, 0.717) is 0 Å². The van der Waals surface area contributed by atoms with Crippen molar-refractivity contribution in [1.29, 1.82) is 5.26 Å². The van der Waals surface area contributed by atoms with E-state index < -0.39 is 5.97 Å². The minimum absolute atomic E-state index is 0.228. The molecular weight excluding hydrogens is 785 g/mol. The van der Waals surface area contributed by atoms with Crippen molar-refractivity contribution in [3.05, 3.63) is 106 Å². The third-order valence-corrected chi connectivity index (χ3v) is 14.9. The molecule has 0 amide bonds. The fourth-order valence-corrected chi connectivity index (χ4v) is 11.9. The summed E-state index contributed by atoms with van der Waals surface area (Å²) < 4.78 is 8.47. The topological polar surface area (TPSA) is 75.2 Å². The Labute approximate surface area is 361 Å². The first kappa shape index (κ1) is 42.2. The average Bonchev–Trinajstić information content (AvgIpc) is 4.03. The van der Waals surface area contributed by atoms with Crippen molar-refractivity contribution in [1.82, 2.24) is 4.57 Å². The third-order valence-electron chi connectivity index (χ3n) is 11.0. The van der Waals surface area contributed by atoms with E-state index in [9.17, 15) is 15.2 Å². The van der Waals surface area contributed by atoms with Crippen molar-refractivity contribution in [2.24, 2.45) is 0 Å². The standard InChI is InChI=1S/C51H54N2O3S3/c1-6-11-12-13-25-56-40-21-17-33(18-22-40)34-19-23-43-41(26-34)42-27-36(20-24-44(42)53(43)10-5)46-29-37(15-8-3)50(58-46)48-30-38(16-9-4)49(59-48)47-28-35(14-7-2)45(57-47)31-39(32-52)51(54)55/h17-24,26-31H,6-16,25H2,1-5H3,(H,54,55)/b39-31+. The van der Waals surface area contributed by atoms with Gasteiger partial charge in [0.15, 0.2) is 0 Å². The Hall–Kier alpha value is -4.94. The van der Waals surface area contributed by atoms with Crippen LogP contribution < -0.4 is 4.74 Å². The Kier molecular flexibility index (Phi) is 13.9. The molecule has 0 fully saturated rings. The number of carbonyl (C=O) groups is 1. The quantitative estimate of drug-likeness (QED) is 0.0500. The molecule has 4 aromatic heterocycles. The van der Waals surface area contributed by atoms with Crippen molar-refractivity contribution < 1.29 is 14.6 Å². The maximum Gasteiger partial charge on any atom is 0.346 e. The molecule has 0 aliphatic carbocycles. The summed E-state index contributed by atoms with van der Waals surface area (Å²) in [7, 11) is 0. The molecule has 7 aromatic rings. The number of hydrogen-bond acceptors (Lipinski definition) is 6. The predicted molar refractivity (Wildman–Crippen MR) is 253 cm³/mol. The van der Waals surface area contributed by atoms with E-state index in [1.165, 1.54) is 88.4 Å². The summed E-state index contributed by atoms with van der Waals surface area (Å²) >= 11 is 5.35. The summed E-state index contributed by atoms with van der Waals surface area (Å²) in [6, 6.07) is 31.4. The van der Waals surface area contributed by atoms with E-state index in [4.69, 9.17) is 4.74 Å². The molecule has 3 aromatic carbocycles. The Morgan fingerprint density at radius 2 is 1.22 bits per heavy atom. The lowest BCUT2D eigenvalue weighted by molar-refractivity contribution is -0.132. The van der Waals surface area contributed by atoms with Crippen LogP contribution in [0.2, 0.25) is 0 Å². The lowest BCUT2D eigenvalue weighted by Gasteiger charge is -2.08. The number of hydrogen-bond donors (Lipinski definition) is 1. The molecule has 0 atom stereocenters. The van der Waals surface area contributed by atoms with E-state index in [0.717, 1.165) is 79.2 Å². The van der Waals surface area contributed by atoms with Crippen LogP contribution in [0.3, 0.4) is 0 Å². The maximum atomic E-state index is 11.7. The lowest BCUT2D eigenvalue weighted by Crippen LogP contribution is -1.97. The van der Waals surface area contributed by atoms with Gasteiger partial charge < -0.3 is 14.4 Å². The van der Waals surface area contributed by atoms with Crippen molar-refractivity contribution in [3.63, 3.8) is 0 Å². The van der Waals surface area contributed by atoms with E-state index >= 15 is 0 Å². The first-order valence-electron chi connectivity index (χ1n) is 21.3. The minimum Gasteiger partial charge on any atom is -0.494 e. The number of aliphatic carboxylic acids is 1. The van der Waals surface area contributed by atoms with E-state index in [1.54, 1.807) is 17.4 Å². The van der Waals surface area contributed by atoms with Gasteiger partial charge in [-0.15, -0.1) is 34.0 Å². The second kappa shape index (κ2) is 19.4. The van der Waals surface area contributed by atoms with Gasteiger partial charge in [0, 0.05) is 57.6 Å². The van der Waals surface area contributed by atoms with Gasteiger partial charge in [0.2, 0.25) is 0 Å². The smallest absolute Gasteiger partial charge is 0.346 e. The average molecular weight is 839 g/mol. The molecule has 1 N–H and O–H groups in total. The summed E-state index contributed by atoms with van der Waals surface area (Å²) in [5.74, 6) is -0.258. The predicted octanol–water partition coefficient (Wildman–Crippen LogP) is 15.5. The number of carboxylic acids is 1. The number of benzene rings is 3. The summed E-state index contributed by atoms with van der Waals surface area (Å²) in [6.07, 6.45) is 12.2. The number of unbranched alkanes of at least 4 members (excludes halogenated alkanes) is 3. The van der Waals surface area contributed by atoms with E-state index in [1.807, 2.05) is 28.7 Å². The van der Waals surface area contributed by atoms with E-state index in [2.05, 4.69) is 118 Å². The van der Waals surface area contributed by atoms with Gasteiger partial charge in [-0.3, -0.25) is 0 Å². The zero-order valence-corrected chi connectivity index (χ0v) is 37.4. The first-order valence-corrected chi connectivity index (χ1v) is 23.8. The van der Waals surface area contributed by atoms with Crippen molar-refractivity contribution >= 4 is 67.9 Å². The van der Waals surface area contributed by atoms with Gasteiger partial charge in [-0.05, 0) is 127 Å². The van der Waals surface area contributed by atoms with Gasteiger partial charge in [-0.25, -0.2) is 4.79 Å². The molecule has 5 nitrogen and oxygen atoms in total. The molecule has 0 radical (unpaired) electrons. The van der Waals surface area contributed by atoms with Crippen LogP contribution in [-0.4, -0.2) is 22.2 Å². The van der Waals surface area contributed by atoms with Gasteiger partial charge >= 0.3 is 5.97 Å². The molecule has 0 aliphatic rings. The fraction of sp³-hybridized carbons (Fsp3) is 0.333. The Morgan fingerprint density at radius 1 is 0.661 bits per heavy atom. The minimum atomic E-state index is -1.19. The molecule has 0 saturated heterocycles. The Morgan fingerprint density at radius 3 is 1.83 bits per heavy atom. The number of nitriles is 1. The highest BCUT2D eigenvalue weighted by atomic mass is 32.1. The third kappa shape index (κ3) is 9.13. The Bertz CT molecular complexity index is 2640. The van der Waals surface area contributed by atoms with Crippen LogP contribution in [0, 0.1) is 11.3 Å². The summed E-state index contributed by atoms with van der Waals surface area (Å²) in [5, 5.41) is 21.7. The highest BCUT2D eigenvalue weighted by molar-refractivity contribution is 7.27. The zero-order valence-electron chi connectivity index (χ0n) is 35.0. The number of rotatable bonds is 19. The zero-order chi connectivity index (χ0) is 41.5. The van der Waals surface area contributed by atoms with Crippen LogP contribution in [0.1, 0.15) is 101 Å². The van der Waals surface area contributed by atoms with Crippen LogP contribution >= 0.6 is 34.0 Å². The number of aromatic nitrogens is 1. The second-order valence-electron chi connectivity index (χ2n) is 15.3. The molecule has 7 rings (SSSR count). The number of aryl methyl sites for hydroxylation is 4. The molecule has 0 aliphatic heterocycles.